The maximum Gasteiger partial charge on any atom is 0.345 e. The van der Waals surface area contributed by atoms with Crippen LogP contribution in [0.25, 0.3) is 10.9 Å². The highest BCUT2D eigenvalue weighted by Crippen LogP contribution is 2.44. The largest absolute Gasteiger partial charge is 0.460 e. The second-order valence-electron chi connectivity index (χ2n) is 10.2. The molecule has 4 atom stereocenters. The number of aromatic nitrogens is 1. The van der Waals surface area contributed by atoms with Gasteiger partial charge in [0.15, 0.2) is 0 Å². The van der Waals surface area contributed by atoms with Crippen LogP contribution in [0, 0.1) is 17.8 Å². The van der Waals surface area contributed by atoms with Crippen molar-refractivity contribution in [2.45, 2.75) is 51.7 Å². The van der Waals surface area contributed by atoms with Crippen molar-refractivity contribution in [1.29, 1.82) is 0 Å². The minimum absolute atomic E-state index is 0.189. The summed E-state index contributed by atoms with van der Waals surface area (Å²) in [7, 11) is 1.94. The number of carbonyl (C=O) groups is 2. The molecule has 2 heterocycles. The lowest BCUT2D eigenvalue weighted by Crippen LogP contribution is -2.50. The molecule has 1 N–H and O–H groups in total. The summed E-state index contributed by atoms with van der Waals surface area (Å²) in [5.41, 5.74) is 1.23. The normalized spacial score (nSPS) is 26.9. The number of benzene rings is 2. The molecule has 1 fully saturated rings. The molecule has 0 amide bonds. The lowest BCUT2D eigenvalue weighted by Gasteiger charge is -2.38. The van der Waals surface area contributed by atoms with Gasteiger partial charge in [0.2, 0.25) is 11.3 Å². The Morgan fingerprint density at radius 3 is 2.61 bits per heavy atom. The first-order valence-electron chi connectivity index (χ1n) is 12.0. The third-order valence-corrected chi connectivity index (χ3v) is 7.66. The van der Waals surface area contributed by atoms with E-state index in [0.29, 0.717) is 34.6 Å². The van der Waals surface area contributed by atoms with Crippen LogP contribution < -0.4 is 5.32 Å². The second-order valence-corrected chi connectivity index (χ2v) is 10.2. The fourth-order valence-corrected chi connectivity index (χ4v) is 5.81. The van der Waals surface area contributed by atoms with Gasteiger partial charge in [-0.2, -0.15) is 0 Å². The fourth-order valence-electron chi connectivity index (χ4n) is 5.81. The zero-order chi connectivity index (χ0) is 23.3. The highest BCUT2D eigenvalue weighted by Gasteiger charge is 2.56. The van der Waals surface area contributed by atoms with E-state index in [-0.39, 0.29) is 11.9 Å². The quantitative estimate of drug-likeness (QED) is 0.415. The molecule has 1 aliphatic heterocycles. The molecule has 3 aromatic rings. The Balaban J connectivity index is 1.63. The van der Waals surface area contributed by atoms with Gasteiger partial charge in [0.05, 0.1) is 0 Å². The molecule has 1 saturated carbocycles. The summed E-state index contributed by atoms with van der Waals surface area (Å²) in [6, 6.07) is 15.2. The first-order valence-corrected chi connectivity index (χ1v) is 12.0. The molecule has 2 aliphatic rings. The van der Waals surface area contributed by atoms with E-state index in [0.717, 1.165) is 30.2 Å². The Hall–Kier alpha value is -3.08. The Labute approximate surface area is 195 Å². The van der Waals surface area contributed by atoms with Gasteiger partial charge in [0.1, 0.15) is 6.10 Å². The number of ketones is 1. The molecule has 0 spiro atoms. The molecule has 172 valence electrons. The van der Waals surface area contributed by atoms with Crippen LogP contribution in [0.5, 0.6) is 0 Å². The van der Waals surface area contributed by atoms with Gasteiger partial charge >= 0.3 is 5.97 Å². The Morgan fingerprint density at radius 2 is 1.85 bits per heavy atom. The minimum Gasteiger partial charge on any atom is -0.460 e. The first kappa shape index (κ1) is 21.7. The number of rotatable bonds is 4. The van der Waals surface area contributed by atoms with E-state index in [4.69, 9.17) is 4.74 Å². The predicted molar refractivity (Wildman–Crippen MR) is 130 cm³/mol. The van der Waals surface area contributed by atoms with Crippen molar-refractivity contribution in [3.05, 3.63) is 65.9 Å². The molecule has 5 heteroatoms. The van der Waals surface area contributed by atoms with Crippen LogP contribution >= 0.6 is 0 Å². The monoisotopic (exact) mass is 444 g/mol. The van der Waals surface area contributed by atoms with Crippen LogP contribution in [-0.4, -0.2) is 22.4 Å². The van der Waals surface area contributed by atoms with Crippen molar-refractivity contribution in [3.63, 3.8) is 0 Å². The van der Waals surface area contributed by atoms with Gasteiger partial charge in [-0.3, -0.25) is 4.79 Å². The van der Waals surface area contributed by atoms with Crippen LogP contribution in [0.2, 0.25) is 0 Å². The molecule has 1 aliphatic carbocycles. The molecule has 0 saturated heterocycles. The minimum atomic E-state index is -1.59. The summed E-state index contributed by atoms with van der Waals surface area (Å²) in [4.78, 5) is 28.1. The maximum absolute atomic E-state index is 14.1. The molecule has 1 aromatic heterocycles. The van der Waals surface area contributed by atoms with Crippen molar-refractivity contribution < 1.29 is 14.3 Å². The second kappa shape index (κ2) is 8.05. The highest BCUT2D eigenvalue weighted by molar-refractivity contribution is 6.26. The number of hydrogen-bond acceptors (Lipinski definition) is 4. The third-order valence-electron chi connectivity index (χ3n) is 7.66. The zero-order valence-corrected chi connectivity index (χ0v) is 19.8. The first-order chi connectivity index (χ1) is 15.8. The fraction of sp³-hybridized carbons (Fsp3) is 0.429. The average molecular weight is 445 g/mol. The third kappa shape index (κ3) is 3.36. The molecule has 33 heavy (non-hydrogen) atoms. The Kier molecular flexibility index (Phi) is 5.31. The van der Waals surface area contributed by atoms with Crippen LogP contribution in [-0.2, 0) is 22.1 Å². The van der Waals surface area contributed by atoms with E-state index in [1.807, 2.05) is 60.3 Å². The number of Topliss-reactive ketones (excluding diaryl/α,β-unsaturated/α-hetero) is 1. The SMILES string of the molecule is CC(C)[C@@H]1CC[C@@H](C)C[C@H]1OC(=O)[C@@]1(c2cn(C)c3ccccc23)Nc2ccccc2C1=O. The van der Waals surface area contributed by atoms with Gasteiger partial charge in [0.25, 0.3) is 0 Å². The Bertz CT molecular complexity index is 1230. The number of esters is 1. The van der Waals surface area contributed by atoms with Crippen LogP contribution in [0.4, 0.5) is 5.69 Å². The maximum atomic E-state index is 14.1. The number of para-hydroxylation sites is 2. The van der Waals surface area contributed by atoms with Gasteiger partial charge in [-0.05, 0) is 48.8 Å². The van der Waals surface area contributed by atoms with Crippen LogP contribution in [0.1, 0.15) is 56.0 Å². The summed E-state index contributed by atoms with van der Waals surface area (Å²) in [5, 5.41) is 4.20. The summed E-state index contributed by atoms with van der Waals surface area (Å²) in [6.07, 6.45) is 4.73. The van der Waals surface area contributed by atoms with Crippen LogP contribution in [0.3, 0.4) is 0 Å². The highest BCUT2D eigenvalue weighted by atomic mass is 16.5. The lowest BCUT2D eigenvalue weighted by atomic mass is 9.75. The van der Waals surface area contributed by atoms with Gasteiger partial charge in [-0.25, -0.2) is 4.79 Å². The molecule has 5 rings (SSSR count). The molecule has 0 bridgehead atoms. The molecule has 0 radical (unpaired) electrons. The summed E-state index contributed by atoms with van der Waals surface area (Å²) in [6.45, 7) is 6.60. The number of anilines is 1. The van der Waals surface area contributed by atoms with Crippen molar-refractivity contribution in [3.8, 4) is 0 Å². The lowest BCUT2D eigenvalue weighted by molar-refractivity contribution is -0.159. The molecule has 0 unspecified atom stereocenters. The van der Waals surface area contributed by atoms with E-state index in [1.54, 1.807) is 6.07 Å². The van der Waals surface area contributed by atoms with E-state index in [2.05, 4.69) is 26.1 Å². The van der Waals surface area contributed by atoms with Crippen molar-refractivity contribution in [2.24, 2.45) is 24.8 Å². The van der Waals surface area contributed by atoms with Crippen molar-refractivity contribution in [2.75, 3.05) is 5.32 Å². The van der Waals surface area contributed by atoms with Crippen LogP contribution in [0.15, 0.2) is 54.7 Å². The van der Waals surface area contributed by atoms with E-state index in [9.17, 15) is 9.59 Å². The van der Waals surface area contributed by atoms with E-state index >= 15 is 0 Å². The van der Waals surface area contributed by atoms with Gasteiger partial charge in [0, 0.05) is 41.0 Å². The van der Waals surface area contributed by atoms with Crippen molar-refractivity contribution >= 4 is 28.3 Å². The number of aryl methyl sites for hydroxylation is 1. The topological polar surface area (TPSA) is 60.3 Å². The van der Waals surface area contributed by atoms with E-state index in [1.165, 1.54) is 0 Å². The number of nitrogens with one attached hydrogen (secondary N) is 1. The van der Waals surface area contributed by atoms with Gasteiger partial charge in [-0.15, -0.1) is 0 Å². The summed E-state index contributed by atoms with van der Waals surface area (Å²) in [5.74, 6) is 0.465. The number of fused-ring (bicyclic) bond motifs is 2. The summed E-state index contributed by atoms with van der Waals surface area (Å²) < 4.78 is 8.28. The standard InChI is InChI=1S/C28H32N2O3/c1-17(2)19-14-13-18(3)15-25(19)33-27(32)28(26(31)21-10-5-7-11-23(21)29-28)22-16-30(4)24-12-8-6-9-20(22)24/h5-12,16-19,25,29H,13-15H2,1-4H3/t18-,19+,25-,28+/m1/s1. The van der Waals surface area contributed by atoms with Gasteiger partial charge in [-0.1, -0.05) is 57.5 Å². The number of hydrogen-bond donors (Lipinski definition) is 1. The van der Waals surface area contributed by atoms with Gasteiger partial charge < -0.3 is 14.6 Å². The number of carbonyl (C=O) groups excluding carboxylic acids is 2. The molecular formula is C28H32N2O3. The van der Waals surface area contributed by atoms with Crippen molar-refractivity contribution in [1.82, 2.24) is 4.57 Å². The Morgan fingerprint density at radius 1 is 1.12 bits per heavy atom. The zero-order valence-electron chi connectivity index (χ0n) is 19.8. The number of nitrogens with zero attached hydrogens (tertiary/aromatic N) is 1. The molecular weight excluding hydrogens is 412 g/mol. The smallest absolute Gasteiger partial charge is 0.345 e. The molecule has 5 nitrogen and oxygen atoms in total. The molecule has 2 aromatic carbocycles. The summed E-state index contributed by atoms with van der Waals surface area (Å²) >= 11 is 0. The van der Waals surface area contributed by atoms with E-state index < -0.39 is 11.5 Å². The average Bonchev–Trinajstić information content (AvgIpc) is 3.29. The number of ether oxygens (including phenoxy) is 1. The predicted octanol–water partition coefficient (Wildman–Crippen LogP) is 5.69.